The molecule has 0 bridgehead atoms. The Labute approximate surface area is 149 Å². The van der Waals surface area contributed by atoms with Gasteiger partial charge in [-0.05, 0) is 44.7 Å². The summed E-state index contributed by atoms with van der Waals surface area (Å²) in [4.78, 5) is 12.4. The van der Waals surface area contributed by atoms with Crippen molar-refractivity contribution in [3.05, 3.63) is 23.3 Å². The lowest BCUT2D eigenvalue weighted by Gasteiger charge is -2.26. The van der Waals surface area contributed by atoms with E-state index in [0.717, 1.165) is 41.9 Å². The summed E-state index contributed by atoms with van der Waals surface area (Å²) in [7, 11) is 0. The Bertz CT molecular complexity index is 614. The molecular formula is C19H28N2O4. The Morgan fingerprint density at radius 1 is 1.40 bits per heavy atom. The fourth-order valence-electron chi connectivity index (χ4n) is 3.50. The zero-order valence-corrected chi connectivity index (χ0v) is 15.0. The minimum Gasteiger partial charge on any atom is -0.494 e. The van der Waals surface area contributed by atoms with Crippen LogP contribution in [-0.2, 0) is 22.5 Å². The van der Waals surface area contributed by atoms with Crippen molar-refractivity contribution in [2.45, 2.75) is 51.8 Å². The second-order valence-corrected chi connectivity index (χ2v) is 6.83. The molecular weight excluding hydrogens is 320 g/mol. The molecule has 6 heteroatoms. The highest BCUT2D eigenvalue weighted by molar-refractivity contribution is 5.81. The third-order valence-corrected chi connectivity index (χ3v) is 4.91. The van der Waals surface area contributed by atoms with Crippen LogP contribution >= 0.6 is 0 Å². The number of fused-ring (bicyclic) bond motifs is 1. The second kappa shape index (κ2) is 8.06. The first kappa shape index (κ1) is 18.0. The number of ether oxygens (including phenoxy) is 3. The first-order valence-electron chi connectivity index (χ1n) is 9.14. The third kappa shape index (κ3) is 4.25. The molecule has 1 amide bonds. The maximum absolute atomic E-state index is 12.4. The number of hydrogen-bond donors (Lipinski definition) is 2. The van der Waals surface area contributed by atoms with Gasteiger partial charge < -0.3 is 25.3 Å². The van der Waals surface area contributed by atoms with Gasteiger partial charge in [0.2, 0.25) is 5.91 Å². The van der Waals surface area contributed by atoms with Gasteiger partial charge in [0.1, 0.15) is 17.6 Å². The zero-order chi connectivity index (χ0) is 17.8. The van der Waals surface area contributed by atoms with Crippen LogP contribution in [0, 0.1) is 5.92 Å². The molecule has 0 spiro atoms. The van der Waals surface area contributed by atoms with Gasteiger partial charge in [-0.15, -0.1) is 0 Å². The standard InChI is InChI=1S/C19H28N2O4/c1-3-24-16-9-14-8-12(2)25-17(14)10-15(16)11-21-19(22)18(20)13-4-6-23-7-5-13/h9-10,12-13,18H,3-8,11,20H2,1-2H3,(H,21,22). The first-order valence-corrected chi connectivity index (χ1v) is 9.14. The minimum absolute atomic E-state index is 0.121. The van der Waals surface area contributed by atoms with E-state index in [1.54, 1.807) is 0 Å². The van der Waals surface area contributed by atoms with Crippen molar-refractivity contribution < 1.29 is 19.0 Å². The lowest BCUT2D eigenvalue weighted by molar-refractivity contribution is -0.124. The molecule has 1 fully saturated rings. The number of carbonyl (C=O) groups is 1. The van der Waals surface area contributed by atoms with Crippen molar-refractivity contribution in [2.75, 3.05) is 19.8 Å². The predicted molar refractivity (Wildman–Crippen MR) is 94.8 cm³/mol. The normalized spacial score (nSPS) is 21.3. The van der Waals surface area contributed by atoms with Gasteiger partial charge in [-0.1, -0.05) is 0 Å². The Hall–Kier alpha value is -1.79. The molecule has 2 aliphatic rings. The van der Waals surface area contributed by atoms with Crippen molar-refractivity contribution in [1.29, 1.82) is 0 Å². The van der Waals surface area contributed by atoms with Gasteiger partial charge in [0.25, 0.3) is 0 Å². The van der Waals surface area contributed by atoms with Crippen molar-refractivity contribution in [1.82, 2.24) is 5.32 Å². The Morgan fingerprint density at radius 2 is 2.16 bits per heavy atom. The molecule has 1 aromatic rings. The molecule has 0 saturated carbocycles. The topological polar surface area (TPSA) is 82.8 Å². The van der Waals surface area contributed by atoms with E-state index >= 15 is 0 Å². The van der Waals surface area contributed by atoms with E-state index in [1.165, 1.54) is 0 Å². The SMILES string of the molecule is CCOc1cc2c(cc1CNC(=O)C(N)C1CCOCC1)OC(C)C2. The molecule has 2 atom stereocenters. The number of benzene rings is 1. The maximum Gasteiger partial charge on any atom is 0.237 e. The van der Waals surface area contributed by atoms with Crippen LogP contribution < -0.4 is 20.5 Å². The fourth-order valence-corrected chi connectivity index (χ4v) is 3.50. The van der Waals surface area contributed by atoms with Gasteiger partial charge >= 0.3 is 0 Å². The molecule has 1 saturated heterocycles. The smallest absolute Gasteiger partial charge is 0.237 e. The lowest BCUT2D eigenvalue weighted by Crippen LogP contribution is -2.46. The summed E-state index contributed by atoms with van der Waals surface area (Å²) in [6.07, 6.45) is 2.74. The summed E-state index contributed by atoms with van der Waals surface area (Å²) in [6.45, 7) is 6.33. The summed E-state index contributed by atoms with van der Waals surface area (Å²) < 4.78 is 16.9. The number of hydrogen-bond acceptors (Lipinski definition) is 5. The Balaban J connectivity index is 1.65. The summed E-state index contributed by atoms with van der Waals surface area (Å²) in [5.41, 5.74) is 8.21. The number of carbonyl (C=O) groups excluding carboxylic acids is 1. The number of nitrogens with one attached hydrogen (secondary N) is 1. The van der Waals surface area contributed by atoms with Crippen LogP contribution in [-0.4, -0.2) is 37.9 Å². The van der Waals surface area contributed by atoms with Crippen LogP contribution in [0.3, 0.4) is 0 Å². The fraction of sp³-hybridized carbons (Fsp3) is 0.632. The van der Waals surface area contributed by atoms with Gasteiger partial charge in [-0.3, -0.25) is 4.79 Å². The van der Waals surface area contributed by atoms with E-state index in [4.69, 9.17) is 19.9 Å². The first-order chi connectivity index (χ1) is 12.1. The van der Waals surface area contributed by atoms with E-state index in [9.17, 15) is 4.79 Å². The quantitative estimate of drug-likeness (QED) is 0.819. The van der Waals surface area contributed by atoms with E-state index in [0.29, 0.717) is 26.4 Å². The highest BCUT2D eigenvalue weighted by Gasteiger charge is 2.27. The molecule has 25 heavy (non-hydrogen) atoms. The summed E-state index contributed by atoms with van der Waals surface area (Å²) in [5.74, 6) is 1.75. The molecule has 0 aliphatic carbocycles. The van der Waals surface area contributed by atoms with Crippen LogP contribution in [0.15, 0.2) is 12.1 Å². The van der Waals surface area contributed by atoms with Crippen molar-refractivity contribution in [3.63, 3.8) is 0 Å². The Kier molecular flexibility index (Phi) is 5.81. The van der Waals surface area contributed by atoms with Crippen molar-refractivity contribution in [3.8, 4) is 11.5 Å². The predicted octanol–water partition coefficient (Wildman–Crippen LogP) is 1.78. The van der Waals surface area contributed by atoms with Crippen LogP contribution in [0.2, 0.25) is 0 Å². The van der Waals surface area contributed by atoms with Crippen molar-refractivity contribution >= 4 is 5.91 Å². The van der Waals surface area contributed by atoms with Crippen LogP contribution in [0.1, 0.15) is 37.8 Å². The zero-order valence-electron chi connectivity index (χ0n) is 15.0. The summed E-state index contributed by atoms with van der Waals surface area (Å²) in [5, 5.41) is 2.96. The van der Waals surface area contributed by atoms with Crippen LogP contribution in [0.25, 0.3) is 0 Å². The second-order valence-electron chi connectivity index (χ2n) is 6.83. The maximum atomic E-state index is 12.4. The minimum atomic E-state index is -0.495. The molecule has 2 heterocycles. The van der Waals surface area contributed by atoms with Gasteiger partial charge in [0.05, 0.1) is 12.6 Å². The largest absolute Gasteiger partial charge is 0.494 e. The average Bonchev–Trinajstić information content (AvgIpc) is 2.98. The van der Waals surface area contributed by atoms with Gasteiger partial charge in [0.15, 0.2) is 0 Å². The third-order valence-electron chi connectivity index (χ3n) is 4.91. The summed E-state index contributed by atoms with van der Waals surface area (Å²) >= 11 is 0. The molecule has 2 unspecified atom stereocenters. The molecule has 1 aromatic carbocycles. The molecule has 2 aliphatic heterocycles. The molecule has 6 nitrogen and oxygen atoms in total. The van der Waals surface area contributed by atoms with E-state index in [2.05, 4.69) is 12.2 Å². The molecule has 0 radical (unpaired) electrons. The van der Waals surface area contributed by atoms with E-state index in [1.807, 2.05) is 19.1 Å². The van der Waals surface area contributed by atoms with Crippen LogP contribution in [0.4, 0.5) is 0 Å². The molecule has 3 N–H and O–H groups in total. The summed E-state index contributed by atoms with van der Waals surface area (Å²) in [6, 6.07) is 3.51. The molecule has 138 valence electrons. The number of amides is 1. The van der Waals surface area contributed by atoms with Gasteiger partial charge in [-0.25, -0.2) is 0 Å². The number of rotatable bonds is 6. The van der Waals surface area contributed by atoms with E-state index < -0.39 is 6.04 Å². The average molecular weight is 348 g/mol. The van der Waals surface area contributed by atoms with Gasteiger partial charge in [-0.2, -0.15) is 0 Å². The van der Waals surface area contributed by atoms with Crippen LogP contribution in [0.5, 0.6) is 11.5 Å². The highest BCUT2D eigenvalue weighted by atomic mass is 16.5. The van der Waals surface area contributed by atoms with Crippen molar-refractivity contribution in [2.24, 2.45) is 11.7 Å². The van der Waals surface area contributed by atoms with Gasteiger partial charge in [0, 0.05) is 37.3 Å². The number of nitrogens with two attached hydrogens (primary N) is 1. The molecule has 0 aromatic heterocycles. The molecule has 3 rings (SSSR count). The highest BCUT2D eigenvalue weighted by Crippen LogP contribution is 2.35. The Morgan fingerprint density at radius 3 is 2.88 bits per heavy atom. The lowest BCUT2D eigenvalue weighted by atomic mass is 9.92. The van der Waals surface area contributed by atoms with E-state index in [-0.39, 0.29) is 17.9 Å². The monoisotopic (exact) mass is 348 g/mol.